The molecule has 0 amide bonds. The average Bonchev–Trinajstić information content (AvgIpc) is 1.86. The maximum absolute atomic E-state index is 11.7. The molecule has 0 fully saturated rings. The number of rotatable bonds is 3. The first-order valence-corrected chi connectivity index (χ1v) is 3.11. The van der Waals surface area contributed by atoms with Crippen LogP contribution in [0.5, 0.6) is 0 Å². The molecule has 0 saturated heterocycles. The Labute approximate surface area is 63.4 Å². The summed E-state index contributed by atoms with van der Waals surface area (Å²) in [6.07, 6.45) is -1.58. The van der Waals surface area contributed by atoms with Crippen molar-refractivity contribution in [3.05, 3.63) is 24.3 Å². The Morgan fingerprint density at radius 1 is 1.45 bits per heavy atom. The van der Waals surface area contributed by atoms with E-state index in [0.29, 0.717) is 13.0 Å². The Kier molecular flexibility index (Phi) is 3.89. The molecule has 11 heavy (non-hydrogen) atoms. The largest absolute Gasteiger partial charge is 0.415 e. The highest BCUT2D eigenvalue weighted by molar-refractivity contribution is 5.19. The van der Waals surface area contributed by atoms with Crippen LogP contribution in [0, 0.1) is 0 Å². The van der Waals surface area contributed by atoms with Gasteiger partial charge in [0.1, 0.15) is 0 Å². The molecule has 0 aliphatic rings. The normalized spacial score (nSPS) is 12.4. The molecule has 0 aromatic heterocycles. The summed E-state index contributed by atoms with van der Waals surface area (Å²) in [6, 6.07) is 0. The van der Waals surface area contributed by atoms with Crippen LogP contribution in [0.2, 0.25) is 0 Å². The molecule has 4 heteroatoms. The predicted molar refractivity (Wildman–Crippen MR) is 38.0 cm³/mol. The van der Waals surface area contributed by atoms with Crippen LogP contribution in [0.4, 0.5) is 13.2 Å². The fraction of sp³-hybridized carbons (Fsp3) is 0.429. The van der Waals surface area contributed by atoms with E-state index in [0.717, 1.165) is 6.08 Å². The van der Waals surface area contributed by atoms with Crippen LogP contribution in [-0.2, 0) is 0 Å². The zero-order chi connectivity index (χ0) is 8.91. The van der Waals surface area contributed by atoms with Gasteiger partial charge in [-0.25, -0.2) is 0 Å². The summed E-state index contributed by atoms with van der Waals surface area (Å²) in [5.74, 6) is 0. The smallest absolute Gasteiger partial charge is 0.330 e. The van der Waals surface area contributed by atoms with Crippen LogP contribution in [-0.4, -0.2) is 12.7 Å². The molecule has 0 aliphatic carbocycles. The van der Waals surface area contributed by atoms with Crippen LogP contribution >= 0.6 is 0 Å². The molecule has 0 aliphatic heterocycles. The van der Waals surface area contributed by atoms with Crippen molar-refractivity contribution in [2.24, 2.45) is 5.73 Å². The molecule has 0 heterocycles. The van der Waals surface area contributed by atoms with Crippen molar-refractivity contribution in [2.45, 2.75) is 12.6 Å². The molecule has 0 radical (unpaired) electrons. The highest BCUT2D eigenvalue weighted by Gasteiger charge is 2.29. The molecule has 64 valence electrons. The molecule has 0 saturated carbocycles. The minimum absolute atomic E-state index is 0.349. The quantitative estimate of drug-likeness (QED) is 0.636. The van der Waals surface area contributed by atoms with Gasteiger partial charge in [0.05, 0.1) is 0 Å². The fourth-order valence-corrected chi connectivity index (χ4v) is 0.416. The van der Waals surface area contributed by atoms with Gasteiger partial charge in [-0.3, -0.25) is 0 Å². The summed E-state index contributed by atoms with van der Waals surface area (Å²) in [5.41, 5.74) is 4.22. The molecule has 0 aromatic rings. The van der Waals surface area contributed by atoms with Gasteiger partial charge in [-0.15, -0.1) is 0 Å². The Balaban J connectivity index is 3.88. The van der Waals surface area contributed by atoms with Gasteiger partial charge < -0.3 is 5.73 Å². The second kappa shape index (κ2) is 4.18. The SMILES string of the molecule is C=C(/C=C/CCN)C(F)(F)F. The molecular weight excluding hydrogens is 155 g/mol. The van der Waals surface area contributed by atoms with Crippen LogP contribution < -0.4 is 5.73 Å². The summed E-state index contributed by atoms with van der Waals surface area (Å²) in [6.45, 7) is 3.19. The van der Waals surface area contributed by atoms with Crippen molar-refractivity contribution in [1.82, 2.24) is 0 Å². The van der Waals surface area contributed by atoms with Crippen molar-refractivity contribution in [3.63, 3.8) is 0 Å². The maximum Gasteiger partial charge on any atom is 0.415 e. The Bertz CT molecular complexity index is 158. The molecule has 0 spiro atoms. The third-order valence-electron chi connectivity index (χ3n) is 1.02. The number of halogens is 3. The van der Waals surface area contributed by atoms with Gasteiger partial charge in [-0.2, -0.15) is 13.2 Å². The van der Waals surface area contributed by atoms with E-state index in [2.05, 4.69) is 6.58 Å². The average molecular weight is 165 g/mol. The molecule has 0 aromatic carbocycles. The predicted octanol–water partition coefficient (Wildman–Crippen LogP) is 2.01. The van der Waals surface area contributed by atoms with Gasteiger partial charge in [0.15, 0.2) is 0 Å². The fourth-order valence-electron chi connectivity index (χ4n) is 0.416. The first-order chi connectivity index (χ1) is 4.98. The number of alkyl halides is 3. The Morgan fingerprint density at radius 2 is 2.00 bits per heavy atom. The van der Waals surface area contributed by atoms with Crippen LogP contribution in [0.15, 0.2) is 24.3 Å². The van der Waals surface area contributed by atoms with Crippen molar-refractivity contribution in [1.29, 1.82) is 0 Å². The van der Waals surface area contributed by atoms with Gasteiger partial charge in [-0.05, 0) is 13.0 Å². The van der Waals surface area contributed by atoms with Gasteiger partial charge in [0.25, 0.3) is 0 Å². The topological polar surface area (TPSA) is 26.0 Å². The second-order valence-corrected chi connectivity index (χ2v) is 2.00. The van der Waals surface area contributed by atoms with Gasteiger partial charge in [0.2, 0.25) is 0 Å². The third-order valence-corrected chi connectivity index (χ3v) is 1.02. The summed E-state index contributed by atoms with van der Waals surface area (Å²) in [7, 11) is 0. The summed E-state index contributed by atoms with van der Waals surface area (Å²) in [5, 5.41) is 0. The van der Waals surface area contributed by atoms with Crippen LogP contribution in [0.1, 0.15) is 6.42 Å². The lowest BCUT2D eigenvalue weighted by Crippen LogP contribution is -2.08. The lowest BCUT2D eigenvalue weighted by atomic mass is 10.2. The number of allylic oxidation sites excluding steroid dienone is 2. The molecule has 1 nitrogen and oxygen atoms in total. The zero-order valence-electron chi connectivity index (χ0n) is 5.99. The minimum Gasteiger partial charge on any atom is -0.330 e. The molecule has 0 bridgehead atoms. The van der Waals surface area contributed by atoms with E-state index >= 15 is 0 Å². The standard InChI is InChI=1S/C7H10F3N/c1-6(7(8,9)10)4-2-3-5-11/h2,4H,1,3,5,11H2/b4-2+. The number of hydrogen-bond donors (Lipinski definition) is 1. The van der Waals surface area contributed by atoms with E-state index in [1.807, 2.05) is 0 Å². The lowest BCUT2D eigenvalue weighted by molar-refractivity contribution is -0.0878. The first kappa shape index (κ1) is 10.2. The van der Waals surface area contributed by atoms with E-state index in [1.54, 1.807) is 0 Å². The molecule has 2 N–H and O–H groups in total. The monoisotopic (exact) mass is 165 g/mol. The van der Waals surface area contributed by atoms with Crippen LogP contribution in [0.25, 0.3) is 0 Å². The summed E-state index contributed by atoms with van der Waals surface area (Å²) >= 11 is 0. The van der Waals surface area contributed by atoms with Gasteiger partial charge >= 0.3 is 6.18 Å². The molecule has 0 unspecified atom stereocenters. The minimum atomic E-state index is -4.31. The van der Waals surface area contributed by atoms with Gasteiger partial charge in [-0.1, -0.05) is 18.7 Å². The Hall–Kier alpha value is -0.770. The summed E-state index contributed by atoms with van der Waals surface area (Å²) in [4.78, 5) is 0. The second-order valence-electron chi connectivity index (χ2n) is 2.00. The van der Waals surface area contributed by atoms with Crippen molar-refractivity contribution < 1.29 is 13.2 Å². The van der Waals surface area contributed by atoms with Crippen LogP contribution in [0.3, 0.4) is 0 Å². The molecule has 0 rings (SSSR count). The summed E-state index contributed by atoms with van der Waals surface area (Å²) < 4.78 is 35.1. The van der Waals surface area contributed by atoms with E-state index in [9.17, 15) is 13.2 Å². The van der Waals surface area contributed by atoms with Crippen molar-refractivity contribution in [2.75, 3.05) is 6.54 Å². The van der Waals surface area contributed by atoms with E-state index in [-0.39, 0.29) is 0 Å². The van der Waals surface area contributed by atoms with E-state index in [4.69, 9.17) is 5.73 Å². The first-order valence-electron chi connectivity index (χ1n) is 3.11. The van der Waals surface area contributed by atoms with Crippen molar-refractivity contribution in [3.8, 4) is 0 Å². The highest BCUT2D eigenvalue weighted by atomic mass is 19.4. The van der Waals surface area contributed by atoms with E-state index in [1.165, 1.54) is 6.08 Å². The third kappa shape index (κ3) is 4.61. The molecular formula is C7H10F3N. The lowest BCUT2D eigenvalue weighted by Gasteiger charge is -2.03. The van der Waals surface area contributed by atoms with Gasteiger partial charge in [0, 0.05) is 5.57 Å². The van der Waals surface area contributed by atoms with Crippen molar-refractivity contribution >= 4 is 0 Å². The Morgan fingerprint density at radius 3 is 2.36 bits per heavy atom. The molecule has 0 atom stereocenters. The highest BCUT2D eigenvalue weighted by Crippen LogP contribution is 2.24. The number of hydrogen-bond acceptors (Lipinski definition) is 1. The maximum atomic E-state index is 11.7. The number of nitrogens with two attached hydrogens (primary N) is 1. The zero-order valence-corrected chi connectivity index (χ0v) is 5.99. The van der Waals surface area contributed by atoms with E-state index < -0.39 is 11.7 Å².